The van der Waals surface area contributed by atoms with E-state index in [1.807, 2.05) is 6.07 Å². The first kappa shape index (κ1) is 14.5. The number of benzene rings is 1. The number of hydrogen-bond acceptors (Lipinski definition) is 3. The Balaban J connectivity index is 2.60. The fraction of sp³-hybridized carbons (Fsp3) is 0.538. The maximum Gasteiger partial charge on any atom is 0.133 e. The van der Waals surface area contributed by atoms with E-state index in [9.17, 15) is 0 Å². The summed E-state index contributed by atoms with van der Waals surface area (Å²) < 4.78 is 6.18. The monoisotopic (exact) mass is 300 g/mol. The van der Waals surface area contributed by atoms with Crippen molar-refractivity contribution in [2.24, 2.45) is 11.7 Å². The molecule has 1 rings (SSSR count). The molecule has 0 aliphatic carbocycles. The summed E-state index contributed by atoms with van der Waals surface area (Å²) in [6.45, 7) is 5.83. The SMILES string of the molecule is COc1ccc(CNC(CN)C(C)C)cc1Br. The van der Waals surface area contributed by atoms with Crippen molar-refractivity contribution in [2.45, 2.75) is 26.4 Å². The van der Waals surface area contributed by atoms with Gasteiger partial charge in [-0.3, -0.25) is 0 Å². The van der Waals surface area contributed by atoms with Crippen LogP contribution in [0.4, 0.5) is 0 Å². The molecule has 0 amide bonds. The Labute approximate surface area is 112 Å². The number of methoxy groups -OCH3 is 1. The van der Waals surface area contributed by atoms with Crippen molar-refractivity contribution in [1.82, 2.24) is 5.32 Å². The molecule has 0 aliphatic heterocycles. The molecule has 0 spiro atoms. The van der Waals surface area contributed by atoms with Crippen molar-refractivity contribution in [3.63, 3.8) is 0 Å². The standard InChI is InChI=1S/C13H21BrN2O/c1-9(2)12(7-15)16-8-10-4-5-13(17-3)11(14)6-10/h4-6,9,12,16H,7-8,15H2,1-3H3. The van der Waals surface area contributed by atoms with E-state index in [1.165, 1.54) is 5.56 Å². The van der Waals surface area contributed by atoms with Gasteiger partial charge in [0.2, 0.25) is 0 Å². The van der Waals surface area contributed by atoms with Crippen molar-refractivity contribution >= 4 is 15.9 Å². The second kappa shape index (κ2) is 6.99. The largest absolute Gasteiger partial charge is 0.496 e. The molecule has 0 radical (unpaired) electrons. The number of halogens is 1. The minimum atomic E-state index is 0.357. The molecule has 4 heteroatoms. The predicted octanol–water partition coefficient (Wildman–Crippen LogP) is 2.53. The van der Waals surface area contributed by atoms with Crippen molar-refractivity contribution in [3.05, 3.63) is 28.2 Å². The van der Waals surface area contributed by atoms with Crippen molar-refractivity contribution < 1.29 is 4.74 Å². The lowest BCUT2D eigenvalue weighted by Gasteiger charge is -2.20. The van der Waals surface area contributed by atoms with Gasteiger partial charge >= 0.3 is 0 Å². The minimum Gasteiger partial charge on any atom is -0.496 e. The third-order valence-corrected chi connectivity index (χ3v) is 3.46. The molecule has 17 heavy (non-hydrogen) atoms. The third-order valence-electron chi connectivity index (χ3n) is 2.84. The highest BCUT2D eigenvalue weighted by molar-refractivity contribution is 9.10. The Morgan fingerprint density at radius 2 is 2.12 bits per heavy atom. The summed E-state index contributed by atoms with van der Waals surface area (Å²) in [5, 5.41) is 3.46. The second-order valence-electron chi connectivity index (χ2n) is 4.44. The summed E-state index contributed by atoms with van der Waals surface area (Å²) in [5.41, 5.74) is 6.94. The molecule has 3 N–H and O–H groups in total. The molecule has 1 aromatic rings. The van der Waals surface area contributed by atoms with E-state index < -0.39 is 0 Å². The van der Waals surface area contributed by atoms with Crippen LogP contribution in [0.15, 0.2) is 22.7 Å². The molecule has 0 saturated heterocycles. The van der Waals surface area contributed by atoms with Crippen LogP contribution in [0.5, 0.6) is 5.75 Å². The first-order valence-corrected chi connectivity index (χ1v) is 6.63. The molecular weight excluding hydrogens is 280 g/mol. The zero-order valence-corrected chi connectivity index (χ0v) is 12.3. The molecule has 0 heterocycles. The topological polar surface area (TPSA) is 47.3 Å². The van der Waals surface area contributed by atoms with Gasteiger partial charge < -0.3 is 15.8 Å². The Morgan fingerprint density at radius 3 is 2.59 bits per heavy atom. The second-order valence-corrected chi connectivity index (χ2v) is 5.29. The molecule has 0 aliphatic rings. The molecule has 1 unspecified atom stereocenters. The summed E-state index contributed by atoms with van der Waals surface area (Å²) in [4.78, 5) is 0. The van der Waals surface area contributed by atoms with E-state index >= 15 is 0 Å². The Bertz CT molecular complexity index is 355. The summed E-state index contributed by atoms with van der Waals surface area (Å²) in [6.07, 6.45) is 0. The summed E-state index contributed by atoms with van der Waals surface area (Å²) >= 11 is 3.48. The average Bonchev–Trinajstić information content (AvgIpc) is 2.29. The lowest BCUT2D eigenvalue weighted by molar-refractivity contribution is 0.403. The molecule has 96 valence electrons. The van der Waals surface area contributed by atoms with Crippen LogP contribution in [0, 0.1) is 5.92 Å². The summed E-state index contributed by atoms with van der Waals surface area (Å²) in [6, 6.07) is 6.45. The van der Waals surface area contributed by atoms with Gasteiger partial charge in [0.15, 0.2) is 0 Å². The van der Waals surface area contributed by atoms with Crippen molar-refractivity contribution in [3.8, 4) is 5.75 Å². The van der Waals surface area contributed by atoms with Crippen LogP contribution >= 0.6 is 15.9 Å². The lowest BCUT2D eigenvalue weighted by Crippen LogP contribution is -2.39. The number of nitrogens with one attached hydrogen (secondary N) is 1. The van der Waals surface area contributed by atoms with Gasteiger partial charge in [0.1, 0.15) is 5.75 Å². The quantitative estimate of drug-likeness (QED) is 0.849. The average molecular weight is 301 g/mol. The smallest absolute Gasteiger partial charge is 0.133 e. The highest BCUT2D eigenvalue weighted by Gasteiger charge is 2.10. The first-order chi connectivity index (χ1) is 8.08. The lowest BCUT2D eigenvalue weighted by atomic mass is 10.0. The van der Waals surface area contributed by atoms with Gasteiger partial charge in [-0.15, -0.1) is 0 Å². The molecule has 1 atom stereocenters. The van der Waals surface area contributed by atoms with Crippen molar-refractivity contribution in [2.75, 3.05) is 13.7 Å². The van der Waals surface area contributed by atoms with Gasteiger partial charge in [0.25, 0.3) is 0 Å². The molecule has 0 bridgehead atoms. The summed E-state index contributed by atoms with van der Waals surface area (Å²) in [7, 11) is 1.67. The minimum absolute atomic E-state index is 0.357. The van der Waals surface area contributed by atoms with Gasteiger partial charge in [-0.05, 0) is 39.5 Å². The normalized spacial score (nSPS) is 12.8. The Kier molecular flexibility index (Phi) is 5.95. The van der Waals surface area contributed by atoms with Gasteiger partial charge in [-0.2, -0.15) is 0 Å². The molecule has 0 fully saturated rings. The maximum absolute atomic E-state index is 5.72. The number of ether oxygens (including phenoxy) is 1. The maximum atomic E-state index is 5.72. The van der Waals surface area contributed by atoms with Crippen LogP contribution in [0.25, 0.3) is 0 Å². The van der Waals surface area contributed by atoms with Gasteiger partial charge in [-0.1, -0.05) is 19.9 Å². The van der Waals surface area contributed by atoms with Crippen LogP contribution in [-0.4, -0.2) is 19.7 Å². The highest BCUT2D eigenvalue weighted by Crippen LogP contribution is 2.25. The molecule has 1 aromatic carbocycles. The van der Waals surface area contributed by atoms with E-state index in [0.717, 1.165) is 16.8 Å². The molecular formula is C13H21BrN2O. The zero-order chi connectivity index (χ0) is 12.8. The van der Waals surface area contributed by atoms with Crippen LogP contribution in [-0.2, 0) is 6.54 Å². The summed E-state index contributed by atoms with van der Waals surface area (Å²) in [5.74, 6) is 1.40. The van der Waals surface area contributed by atoms with Crippen LogP contribution in [0.3, 0.4) is 0 Å². The van der Waals surface area contributed by atoms with E-state index in [4.69, 9.17) is 10.5 Å². The third kappa shape index (κ3) is 4.30. The Morgan fingerprint density at radius 1 is 1.41 bits per heavy atom. The number of hydrogen-bond donors (Lipinski definition) is 2. The van der Waals surface area contributed by atoms with Gasteiger partial charge in [-0.25, -0.2) is 0 Å². The van der Waals surface area contributed by atoms with E-state index in [2.05, 4.69) is 47.2 Å². The van der Waals surface area contributed by atoms with Crippen LogP contribution in [0.2, 0.25) is 0 Å². The van der Waals surface area contributed by atoms with Crippen LogP contribution < -0.4 is 15.8 Å². The fourth-order valence-electron chi connectivity index (χ4n) is 1.66. The van der Waals surface area contributed by atoms with E-state index in [0.29, 0.717) is 18.5 Å². The van der Waals surface area contributed by atoms with E-state index in [-0.39, 0.29) is 0 Å². The van der Waals surface area contributed by atoms with Crippen LogP contribution in [0.1, 0.15) is 19.4 Å². The Hall–Kier alpha value is -0.580. The first-order valence-electron chi connectivity index (χ1n) is 5.84. The fourth-order valence-corrected chi connectivity index (χ4v) is 2.25. The highest BCUT2D eigenvalue weighted by atomic mass is 79.9. The predicted molar refractivity (Wildman–Crippen MR) is 75.2 cm³/mol. The van der Waals surface area contributed by atoms with Gasteiger partial charge in [0.05, 0.1) is 11.6 Å². The van der Waals surface area contributed by atoms with Crippen molar-refractivity contribution in [1.29, 1.82) is 0 Å². The zero-order valence-electron chi connectivity index (χ0n) is 10.7. The molecule has 0 aromatic heterocycles. The number of nitrogens with two attached hydrogens (primary N) is 1. The molecule has 0 saturated carbocycles. The number of rotatable bonds is 6. The van der Waals surface area contributed by atoms with Gasteiger partial charge in [0, 0.05) is 19.1 Å². The van der Waals surface area contributed by atoms with E-state index in [1.54, 1.807) is 7.11 Å². The molecule has 3 nitrogen and oxygen atoms in total.